The topological polar surface area (TPSA) is 67.0 Å². The molecule has 24 heavy (non-hydrogen) atoms. The molecule has 5 nitrogen and oxygen atoms in total. The lowest BCUT2D eigenvalue weighted by Crippen LogP contribution is -2.35. The van der Waals surface area contributed by atoms with E-state index in [1.165, 1.54) is 0 Å². The molecule has 0 fully saturated rings. The zero-order chi connectivity index (χ0) is 16.9. The number of rotatable bonds is 6. The van der Waals surface area contributed by atoms with E-state index in [2.05, 4.69) is 29.1 Å². The lowest BCUT2D eigenvalue weighted by atomic mass is 10.0. The minimum Gasteiger partial charge on any atom is -0.484 e. The van der Waals surface area contributed by atoms with Gasteiger partial charge in [0.2, 0.25) is 0 Å². The van der Waals surface area contributed by atoms with Crippen molar-refractivity contribution in [3.8, 4) is 5.75 Å². The number of nitrogens with one attached hydrogen (secondary N) is 2. The molecule has 3 rings (SSSR count). The number of benzene rings is 2. The molecule has 0 aliphatic heterocycles. The minimum absolute atomic E-state index is 0.0204. The molecule has 1 aromatic heterocycles. The van der Waals surface area contributed by atoms with Crippen molar-refractivity contribution in [1.82, 2.24) is 15.3 Å². The summed E-state index contributed by atoms with van der Waals surface area (Å²) in [5.41, 5.74) is 1.86. The number of aromatic amines is 1. The van der Waals surface area contributed by atoms with Gasteiger partial charge in [-0.1, -0.05) is 44.2 Å². The second kappa shape index (κ2) is 7.17. The van der Waals surface area contributed by atoms with E-state index in [1.54, 1.807) is 0 Å². The normalized spacial score (nSPS) is 12.3. The number of hydrogen-bond acceptors (Lipinski definition) is 3. The number of carbonyl (C=O) groups excluding carboxylic acids is 1. The summed E-state index contributed by atoms with van der Waals surface area (Å²) in [7, 11) is 0. The summed E-state index contributed by atoms with van der Waals surface area (Å²) in [6, 6.07) is 16.9. The van der Waals surface area contributed by atoms with Crippen molar-refractivity contribution in [2.45, 2.75) is 19.9 Å². The number of nitrogens with zero attached hydrogens (tertiary/aromatic N) is 1. The van der Waals surface area contributed by atoms with Crippen LogP contribution in [0, 0.1) is 5.92 Å². The first-order valence-corrected chi connectivity index (χ1v) is 8.05. The highest BCUT2D eigenvalue weighted by Gasteiger charge is 2.21. The fraction of sp³-hybridized carbons (Fsp3) is 0.263. The summed E-state index contributed by atoms with van der Waals surface area (Å²) in [5, 5.41) is 3.01. The van der Waals surface area contributed by atoms with E-state index < -0.39 is 0 Å². The number of imidazole rings is 1. The summed E-state index contributed by atoms with van der Waals surface area (Å²) in [6.45, 7) is 4.08. The van der Waals surface area contributed by atoms with Gasteiger partial charge in [-0.15, -0.1) is 0 Å². The number of aromatic nitrogens is 2. The summed E-state index contributed by atoms with van der Waals surface area (Å²) >= 11 is 0. The SMILES string of the molecule is CC(C)[C@H](NC(=O)COc1ccccc1)c1nc2ccccc2[nH]1. The van der Waals surface area contributed by atoms with Gasteiger partial charge in [0.15, 0.2) is 6.61 Å². The Morgan fingerprint density at radius 3 is 2.54 bits per heavy atom. The van der Waals surface area contributed by atoms with Crippen LogP contribution in [0.25, 0.3) is 11.0 Å². The van der Waals surface area contributed by atoms with E-state index in [-0.39, 0.29) is 24.5 Å². The summed E-state index contributed by atoms with van der Waals surface area (Å²) in [6.07, 6.45) is 0. The average Bonchev–Trinajstić information content (AvgIpc) is 3.02. The van der Waals surface area contributed by atoms with Gasteiger partial charge >= 0.3 is 0 Å². The van der Waals surface area contributed by atoms with Crippen LogP contribution in [0.1, 0.15) is 25.7 Å². The molecule has 3 aromatic rings. The van der Waals surface area contributed by atoms with Crippen molar-refractivity contribution < 1.29 is 9.53 Å². The van der Waals surface area contributed by atoms with Crippen LogP contribution in [0.4, 0.5) is 0 Å². The fourth-order valence-corrected chi connectivity index (χ4v) is 2.55. The number of hydrogen-bond donors (Lipinski definition) is 2. The standard InChI is InChI=1S/C19H21N3O2/c1-13(2)18(19-20-15-10-6-7-11-16(15)21-19)22-17(23)12-24-14-8-4-3-5-9-14/h3-11,13,18H,12H2,1-2H3,(H,20,21)(H,22,23)/t18-/m0/s1. The number of amides is 1. The largest absolute Gasteiger partial charge is 0.484 e. The predicted octanol–water partition coefficient (Wildman–Crippen LogP) is 3.46. The zero-order valence-electron chi connectivity index (χ0n) is 13.8. The first-order chi connectivity index (χ1) is 11.6. The molecular formula is C19H21N3O2. The van der Waals surface area contributed by atoms with Crippen molar-refractivity contribution in [3.63, 3.8) is 0 Å². The van der Waals surface area contributed by atoms with E-state index in [9.17, 15) is 4.79 Å². The Bertz CT molecular complexity index is 779. The number of carbonyl (C=O) groups is 1. The van der Waals surface area contributed by atoms with E-state index in [0.717, 1.165) is 16.9 Å². The molecule has 0 aliphatic rings. The van der Waals surface area contributed by atoms with Gasteiger partial charge in [-0.3, -0.25) is 4.79 Å². The van der Waals surface area contributed by atoms with Gasteiger partial charge in [-0.2, -0.15) is 0 Å². The molecule has 124 valence electrons. The molecule has 2 N–H and O–H groups in total. The zero-order valence-corrected chi connectivity index (χ0v) is 13.8. The maximum absolute atomic E-state index is 12.2. The van der Waals surface area contributed by atoms with Crippen molar-refractivity contribution in [2.24, 2.45) is 5.92 Å². The molecule has 0 spiro atoms. The molecule has 0 aliphatic carbocycles. The van der Waals surface area contributed by atoms with Crippen molar-refractivity contribution >= 4 is 16.9 Å². The van der Waals surface area contributed by atoms with Crippen molar-refractivity contribution in [1.29, 1.82) is 0 Å². The second-order valence-electron chi connectivity index (χ2n) is 6.03. The van der Waals surface area contributed by atoms with E-state index >= 15 is 0 Å². The smallest absolute Gasteiger partial charge is 0.258 e. The monoisotopic (exact) mass is 323 g/mol. The molecule has 2 aromatic carbocycles. The highest BCUT2D eigenvalue weighted by atomic mass is 16.5. The third-order valence-corrected chi connectivity index (χ3v) is 3.80. The average molecular weight is 323 g/mol. The van der Waals surface area contributed by atoms with Gasteiger partial charge < -0.3 is 15.0 Å². The van der Waals surface area contributed by atoms with Crippen LogP contribution < -0.4 is 10.1 Å². The Hall–Kier alpha value is -2.82. The molecular weight excluding hydrogens is 302 g/mol. The molecule has 1 atom stereocenters. The Morgan fingerprint density at radius 2 is 1.83 bits per heavy atom. The molecule has 0 bridgehead atoms. The number of para-hydroxylation sites is 3. The van der Waals surface area contributed by atoms with Gasteiger partial charge in [0.1, 0.15) is 11.6 Å². The molecule has 0 saturated heterocycles. The third kappa shape index (κ3) is 3.74. The Balaban J connectivity index is 1.68. The van der Waals surface area contributed by atoms with Gasteiger partial charge in [-0.25, -0.2) is 4.98 Å². The Labute approximate surface area is 141 Å². The highest BCUT2D eigenvalue weighted by molar-refractivity contribution is 5.78. The Kier molecular flexibility index (Phi) is 4.79. The number of H-pyrrole nitrogens is 1. The van der Waals surface area contributed by atoms with Gasteiger partial charge in [0.05, 0.1) is 17.1 Å². The summed E-state index contributed by atoms with van der Waals surface area (Å²) in [4.78, 5) is 20.1. The van der Waals surface area contributed by atoms with Gasteiger partial charge in [-0.05, 0) is 30.2 Å². The quantitative estimate of drug-likeness (QED) is 0.730. The molecule has 0 unspecified atom stereocenters. The van der Waals surface area contributed by atoms with Crippen LogP contribution in [-0.4, -0.2) is 22.5 Å². The van der Waals surface area contributed by atoms with Gasteiger partial charge in [0, 0.05) is 0 Å². The first kappa shape index (κ1) is 16.1. The maximum atomic E-state index is 12.2. The highest BCUT2D eigenvalue weighted by Crippen LogP contribution is 2.22. The molecule has 5 heteroatoms. The van der Waals surface area contributed by atoms with Crippen LogP contribution in [0.5, 0.6) is 5.75 Å². The van der Waals surface area contributed by atoms with E-state index in [1.807, 2.05) is 54.6 Å². The molecule has 1 amide bonds. The molecule has 1 heterocycles. The Morgan fingerprint density at radius 1 is 1.12 bits per heavy atom. The fourth-order valence-electron chi connectivity index (χ4n) is 2.55. The number of ether oxygens (including phenoxy) is 1. The van der Waals surface area contributed by atoms with Crippen LogP contribution in [0.15, 0.2) is 54.6 Å². The van der Waals surface area contributed by atoms with E-state index in [0.29, 0.717) is 5.75 Å². The van der Waals surface area contributed by atoms with Crippen LogP contribution in [0.2, 0.25) is 0 Å². The number of fused-ring (bicyclic) bond motifs is 1. The molecule has 0 saturated carbocycles. The molecule has 0 radical (unpaired) electrons. The summed E-state index contributed by atoms with van der Waals surface area (Å²) in [5.74, 6) is 1.47. The van der Waals surface area contributed by atoms with E-state index in [4.69, 9.17) is 4.74 Å². The predicted molar refractivity (Wildman–Crippen MR) is 93.8 cm³/mol. The van der Waals surface area contributed by atoms with Crippen LogP contribution in [-0.2, 0) is 4.79 Å². The van der Waals surface area contributed by atoms with Crippen LogP contribution >= 0.6 is 0 Å². The summed E-state index contributed by atoms with van der Waals surface area (Å²) < 4.78 is 5.50. The maximum Gasteiger partial charge on any atom is 0.258 e. The van der Waals surface area contributed by atoms with Crippen molar-refractivity contribution in [3.05, 3.63) is 60.4 Å². The minimum atomic E-state index is -0.190. The third-order valence-electron chi connectivity index (χ3n) is 3.80. The van der Waals surface area contributed by atoms with Crippen LogP contribution in [0.3, 0.4) is 0 Å². The lowest BCUT2D eigenvalue weighted by molar-refractivity contribution is -0.124. The van der Waals surface area contributed by atoms with Gasteiger partial charge in [0.25, 0.3) is 5.91 Å². The van der Waals surface area contributed by atoms with Crippen molar-refractivity contribution in [2.75, 3.05) is 6.61 Å². The second-order valence-corrected chi connectivity index (χ2v) is 6.03. The first-order valence-electron chi connectivity index (χ1n) is 8.05. The lowest BCUT2D eigenvalue weighted by Gasteiger charge is -2.20.